The van der Waals surface area contributed by atoms with Crippen LogP contribution in [0.4, 0.5) is 0 Å². The summed E-state index contributed by atoms with van der Waals surface area (Å²) < 4.78 is 6.62. The molecule has 0 radical (unpaired) electrons. The molecule has 5 nitrogen and oxygen atoms in total. The van der Waals surface area contributed by atoms with Gasteiger partial charge in [0, 0.05) is 10.0 Å². The molecular weight excluding hydrogens is 464 g/mol. The van der Waals surface area contributed by atoms with Gasteiger partial charge < -0.3 is 9.84 Å². The molecule has 0 aliphatic heterocycles. The first-order chi connectivity index (χ1) is 12.5. The molecule has 7 heteroatoms. The first kappa shape index (κ1) is 18.4. The molecule has 0 aliphatic carbocycles. The van der Waals surface area contributed by atoms with Crippen LogP contribution in [-0.2, 0) is 0 Å². The van der Waals surface area contributed by atoms with E-state index in [-0.39, 0.29) is 5.75 Å². The molecule has 132 valence electrons. The van der Waals surface area contributed by atoms with Crippen molar-refractivity contribution in [3.05, 3.63) is 68.6 Å². The number of nitrogens with zero attached hydrogens (tertiary/aromatic N) is 1. The number of phenols is 1. The van der Waals surface area contributed by atoms with Gasteiger partial charge in [-0.2, -0.15) is 5.10 Å². The van der Waals surface area contributed by atoms with Gasteiger partial charge in [-0.25, -0.2) is 5.43 Å². The highest BCUT2D eigenvalue weighted by molar-refractivity contribution is 9.11. The van der Waals surface area contributed by atoms with E-state index in [1.54, 1.807) is 18.2 Å². The van der Waals surface area contributed by atoms with Crippen molar-refractivity contribution < 1.29 is 14.6 Å². The van der Waals surface area contributed by atoms with E-state index >= 15 is 0 Å². The quantitative estimate of drug-likeness (QED) is 0.417. The summed E-state index contributed by atoms with van der Waals surface area (Å²) in [5, 5.41) is 15.9. The van der Waals surface area contributed by atoms with Crippen molar-refractivity contribution in [2.24, 2.45) is 5.10 Å². The summed E-state index contributed by atoms with van der Waals surface area (Å²) in [5.74, 6) is 0.0938. The van der Waals surface area contributed by atoms with Crippen LogP contribution < -0.4 is 10.2 Å². The molecule has 1 amide bonds. The first-order valence-corrected chi connectivity index (χ1v) is 9.16. The van der Waals surface area contributed by atoms with Crippen molar-refractivity contribution in [1.82, 2.24) is 5.43 Å². The van der Waals surface area contributed by atoms with Crippen molar-refractivity contribution in [2.45, 2.75) is 0 Å². The lowest BCUT2D eigenvalue weighted by atomic mass is 10.1. The van der Waals surface area contributed by atoms with Crippen LogP contribution in [0.5, 0.6) is 11.5 Å². The number of rotatable bonds is 4. The van der Waals surface area contributed by atoms with Gasteiger partial charge in [-0.05, 0) is 51.0 Å². The third kappa shape index (κ3) is 3.89. The summed E-state index contributed by atoms with van der Waals surface area (Å²) in [4.78, 5) is 12.5. The number of amides is 1. The van der Waals surface area contributed by atoms with Gasteiger partial charge in [0.15, 0.2) is 0 Å². The molecule has 0 atom stereocenters. The van der Waals surface area contributed by atoms with E-state index in [9.17, 15) is 9.90 Å². The molecule has 0 fully saturated rings. The van der Waals surface area contributed by atoms with Crippen LogP contribution in [0, 0.1) is 0 Å². The molecule has 3 aromatic carbocycles. The third-order valence-corrected chi connectivity index (χ3v) is 4.80. The average Bonchev–Trinajstić information content (AvgIpc) is 2.64. The Balaban J connectivity index is 1.85. The number of hydrogen-bond donors (Lipinski definition) is 2. The molecule has 0 saturated heterocycles. The minimum Gasteiger partial charge on any atom is -0.506 e. The molecule has 0 spiro atoms. The summed E-state index contributed by atoms with van der Waals surface area (Å²) in [6, 6.07) is 14.7. The number of aromatic hydroxyl groups is 1. The minimum atomic E-state index is -0.405. The fraction of sp³-hybridized carbons (Fsp3) is 0.0526. The monoisotopic (exact) mass is 476 g/mol. The summed E-state index contributed by atoms with van der Waals surface area (Å²) in [6.07, 6.45) is 1.37. The zero-order valence-electron chi connectivity index (χ0n) is 13.7. The molecule has 2 N–H and O–H groups in total. The predicted molar refractivity (Wildman–Crippen MR) is 109 cm³/mol. The van der Waals surface area contributed by atoms with E-state index in [4.69, 9.17) is 4.74 Å². The Labute approximate surface area is 166 Å². The van der Waals surface area contributed by atoms with Crippen molar-refractivity contribution in [1.29, 1.82) is 0 Å². The molecule has 3 rings (SSSR count). The number of carbonyl (C=O) groups excluding carboxylic acids is 1. The second-order valence-corrected chi connectivity index (χ2v) is 7.19. The Bertz CT molecular complexity index is 1020. The largest absolute Gasteiger partial charge is 0.506 e. The maximum Gasteiger partial charge on any atom is 0.275 e. The van der Waals surface area contributed by atoms with Crippen LogP contribution in [0.1, 0.15) is 15.9 Å². The van der Waals surface area contributed by atoms with E-state index in [0.29, 0.717) is 21.3 Å². The topological polar surface area (TPSA) is 70.9 Å². The van der Waals surface area contributed by atoms with Gasteiger partial charge in [0.2, 0.25) is 0 Å². The third-order valence-electron chi connectivity index (χ3n) is 3.74. The van der Waals surface area contributed by atoms with Gasteiger partial charge in [0.1, 0.15) is 11.5 Å². The molecule has 0 aromatic heterocycles. The highest BCUT2D eigenvalue weighted by Crippen LogP contribution is 2.30. The molecule has 26 heavy (non-hydrogen) atoms. The second kappa shape index (κ2) is 7.88. The van der Waals surface area contributed by atoms with Gasteiger partial charge >= 0.3 is 0 Å². The summed E-state index contributed by atoms with van der Waals surface area (Å²) in [7, 11) is 1.52. The Morgan fingerprint density at radius 3 is 2.54 bits per heavy atom. The molecule has 0 aliphatic rings. The number of phenolic OH excluding ortho intramolecular Hbond substituents is 1. The van der Waals surface area contributed by atoms with E-state index in [1.807, 2.05) is 30.3 Å². The standard InChI is InChI=1S/C19H14Br2N2O3/c1-26-17-8-12-5-3-2-4-11(12)7-15(17)19(25)23-22-10-13-6-14(20)9-16(21)18(13)24/h2-10,24H,1H3,(H,23,25)/b22-10-. The Morgan fingerprint density at radius 1 is 1.15 bits per heavy atom. The van der Waals surface area contributed by atoms with Crippen LogP contribution in [0.25, 0.3) is 10.8 Å². The lowest BCUT2D eigenvalue weighted by Gasteiger charge is -2.09. The predicted octanol–water partition coefficient (Wildman–Crippen LogP) is 4.84. The number of nitrogens with one attached hydrogen (secondary N) is 1. The fourth-order valence-electron chi connectivity index (χ4n) is 2.47. The normalized spacial score (nSPS) is 11.0. The zero-order valence-corrected chi connectivity index (χ0v) is 16.8. The molecular formula is C19H14Br2N2O3. The maximum absolute atomic E-state index is 12.5. The van der Waals surface area contributed by atoms with E-state index in [1.165, 1.54) is 13.3 Å². The van der Waals surface area contributed by atoms with Gasteiger partial charge in [-0.3, -0.25) is 4.79 Å². The van der Waals surface area contributed by atoms with Gasteiger partial charge in [0.05, 0.1) is 23.4 Å². The van der Waals surface area contributed by atoms with Crippen molar-refractivity contribution in [2.75, 3.05) is 7.11 Å². The molecule has 3 aromatic rings. The number of halogens is 2. The Kier molecular flexibility index (Phi) is 5.58. The molecule has 0 unspecified atom stereocenters. The molecule has 0 saturated carbocycles. The van der Waals surface area contributed by atoms with Gasteiger partial charge in [-0.1, -0.05) is 40.2 Å². The number of hydrogen-bond acceptors (Lipinski definition) is 4. The van der Waals surface area contributed by atoms with Crippen molar-refractivity contribution in [3.63, 3.8) is 0 Å². The van der Waals surface area contributed by atoms with Crippen LogP contribution in [0.3, 0.4) is 0 Å². The zero-order chi connectivity index (χ0) is 18.7. The second-order valence-electron chi connectivity index (χ2n) is 5.42. The smallest absolute Gasteiger partial charge is 0.275 e. The van der Waals surface area contributed by atoms with Crippen LogP contribution in [0.15, 0.2) is 62.6 Å². The van der Waals surface area contributed by atoms with E-state index < -0.39 is 5.91 Å². The number of methoxy groups -OCH3 is 1. The molecule has 0 heterocycles. The number of benzene rings is 3. The lowest BCUT2D eigenvalue weighted by Crippen LogP contribution is -2.18. The highest BCUT2D eigenvalue weighted by Gasteiger charge is 2.13. The average molecular weight is 478 g/mol. The number of fused-ring (bicyclic) bond motifs is 1. The van der Waals surface area contributed by atoms with Crippen LogP contribution in [0.2, 0.25) is 0 Å². The minimum absolute atomic E-state index is 0.0366. The SMILES string of the molecule is COc1cc2ccccc2cc1C(=O)N/N=C\c1cc(Br)cc(Br)c1O. The lowest BCUT2D eigenvalue weighted by molar-refractivity contribution is 0.0952. The fourth-order valence-corrected chi connectivity index (χ4v) is 3.73. The van der Waals surface area contributed by atoms with Crippen LogP contribution in [-0.4, -0.2) is 24.3 Å². The van der Waals surface area contributed by atoms with Gasteiger partial charge in [-0.15, -0.1) is 0 Å². The van der Waals surface area contributed by atoms with E-state index in [0.717, 1.165) is 15.2 Å². The number of hydrazone groups is 1. The summed E-state index contributed by atoms with van der Waals surface area (Å²) >= 11 is 6.59. The Morgan fingerprint density at radius 2 is 1.85 bits per heavy atom. The molecule has 0 bridgehead atoms. The summed E-state index contributed by atoms with van der Waals surface area (Å²) in [6.45, 7) is 0. The van der Waals surface area contributed by atoms with Crippen molar-refractivity contribution >= 4 is 54.8 Å². The number of carbonyl (C=O) groups is 1. The van der Waals surface area contributed by atoms with Crippen molar-refractivity contribution in [3.8, 4) is 11.5 Å². The Hall–Kier alpha value is -2.38. The first-order valence-electron chi connectivity index (χ1n) is 7.58. The van der Waals surface area contributed by atoms with E-state index in [2.05, 4.69) is 42.4 Å². The number of ether oxygens (including phenoxy) is 1. The maximum atomic E-state index is 12.5. The summed E-state index contributed by atoms with van der Waals surface area (Å²) in [5.41, 5.74) is 3.30. The highest BCUT2D eigenvalue weighted by atomic mass is 79.9. The van der Waals surface area contributed by atoms with Crippen LogP contribution >= 0.6 is 31.9 Å². The van der Waals surface area contributed by atoms with Gasteiger partial charge in [0.25, 0.3) is 5.91 Å².